The second-order valence-corrected chi connectivity index (χ2v) is 8.33. The van der Waals surface area contributed by atoms with Crippen LogP contribution in [0.5, 0.6) is 0 Å². The van der Waals surface area contributed by atoms with Crippen LogP contribution in [0.1, 0.15) is 35.1 Å². The summed E-state index contributed by atoms with van der Waals surface area (Å²) in [5.74, 6) is 0.623. The SMILES string of the molecule is CCOC(=O)CCN(C(=O)c1ccc2c(c1)nc(CNc1ccc(C(=N)N)cc1)n2C)c1ccccn1.Cl.Cl. The first-order valence-electron chi connectivity index (χ1n) is 11.9. The van der Waals surface area contributed by atoms with Gasteiger partial charge in [0.1, 0.15) is 17.5 Å². The lowest BCUT2D eigenvalue weighted by Crippen LogP contribution is -2.34. The summed E-state index contributed by atoms with van der Waals surface area (Å²) in [7, 11) is 1.92. The minimum atomic E-state index is -0.371. The van der Waals surface area contributed by atoms with E-state index in [0.717, 1.165) is 17.0 Å². The number of pyridine rings is 1. The third-order valence-corrected chi connectivity index (χ3v) is 5.88. The van der Waals surface area contributed by atoms with Crippen LogP contribution < -0.4 is 16.0 Å². The van der Waals surface area contributed by atoms with Crippen molar-refractivity contribution in [3.63, 3.8) is 0 Å². The maximum absolute atomic E-state index is 13.5. The van der Waals surface area contributed by atoms with Crippen LogP contribution in [-0.4, -0.2) is 45.4 Å². The van der Waals surface area contributed by atoms with Gasteiger partial charge in [-0.1, -0.05) is 6.07 Å². The number of nitrogens with zero attached hydrogens (tertiary/aromatic N) is 4. The van der Waals surface area contributed by atoms with Gasteiger partial charge in [-0.05, 0) is 61.5 Å². The van der Waals surface area contributed by atoms with Crippen LogP contribution in [0.2, 0.25) is 0 Å². The molecular weight excluding hydrogens is 541 g/mol. The van der Waals surface area contributed by atoms with Crippen molar-refractivity contribution in [3.8, 4) is 0 Å². The second-order valence-electron chi connectivity index (χ2n) is 8.33. The van der Waals surface area contributed by atoms with E-state index >= 15 is 0 Å². The Morgan fingerprint density at radius 1 is 1.08 bits per heavy atom. The number of ether oxygens (including phenoxy) is 1. The standard InChI is InChI=1S/C27H29N7O3.2ClH/c1-3-37-25(35)13-15-34(23-6-4-5-14-30-23)27(36)19-9-12-22-21(16-19)32-24(33(22)2)17-31-20-10-7-18(8-11-20)26(28)29;;/h4-12,14,16,31H,3,13,15,17H2,1-2H3,(H3,28,29);2*1H. The van der Waals surface area contributed by atoms with E-state index in [4.69, 9.17) is 20.9 Å². The number of carbonyl (C=O) groups excluding carboxylic acids is 2. The fourth-order valence-corrected chi connectivity index (χ4v) is 3.92. The van der Waals surface area contributed by atoms with Crippen LogP contribution in [0.4, 0.5) is 11.5 Å². The smallest absolute Gasteiger partial charge is 0.307 e. The summed E-state index contributed by atoms with van der Waals surface area (Å²) in [6, 6.07) is 18.0. The summed E-state index contributed by atoms with van der Waals surface area (Å²) in [6.07, 6.45) is 1.67. The molecule has 206 valence electrons. The molecule has 0 aliphatic rings. The number of amidine groups is 1. The number of imidazole rings is 1. The Morgan fingerprint density at radius 2 is 1.79 bits per heavy atom. The quantitative estimate of drug-likeness (QED) is 0.146. The van der Waals surface area contributed by atoms with E-state index in [9.17, 15) is 9.59 Å². The number of rotatable bonds is 10. The van der Waals surface area contributed by atoms with Crippen molar-refractivity contribution < 1.29 is 14.3 Å². The number of hydrogen-bond acceptors (Lipinski definition) is 7. The maximum Gasteiger partial charge on any atom is 0.307 e. The highest BCUT2D eigenvalue weighted by Gasteiger charge is 2.21. The molecule has 0 saturated heterocycles. The lowest BCUT2D eigenvalue weighted by atomic mass is 10.1. The number of esters is 1. The van der Waals surface area contributed by atoms with Crippen molar-refractivity contribution >= 4 is 65.1 Å². The molecule has 0 atom stereocenters. The van der Waals surface area contributed by atoms with Gasteiger partial charge in [0.2, 0.25) is 0 Å². The molecule has 0 unspecified atom stereocenters. The number of nitrogen functional groups attached to an aromatic ring is 1. The maximum atomic E-state index is 13.5. The number of fused-ring (bicyclic) bond motifs is 1. The number of aromatic nitrogens is 3. The molecule has 0 aliphatic carbocycles. The van der Waals surface area contributed by atoms with Gasteiger partial charge in [0.25, 0.3) is 5.91 Å². The molecule has 0 saturated carbocycles. The lowest BCUT2D eigenvalue weighted by Gasteiger charge is -2.21. The van der Waals surface area contributed by atoms with Gasteiger partial charge >= 0.3 is 5.97 Å². The Labute approximate surface area is 238 Å². The Kier molecular flexibility index (Phi) is 11.3. The number of amides is 1. The van der Waals surface area contributed by atoms with E-state index in [-0.39, 0.29) is 62.1 Å². The van der Waals surface area contributed by atoms with Crippen LogP contribution in [-0.2, 0) is 23.1 Å². The molecule has 39 heavy (non-hydrogen) atoms. The minimum absolute atomic E-state index is 0. The molecule has 4 N–H and O–H groups in total. The summed E-state index contributed by atoms with van der Waals surface area (Å²) in [5.41, 5.74) is 9.07. The first kappa shape index (κ1) is 31.1. The highest BCUT2D eigenvalue weighted by atomic mass is 35.5. The summed E-state index contributed by atoms with van der Waals surface area (Å²) in [5, 5.41) is 10.8. The van der Waals surface area contributed by atoms with Crippen LogP contribution >= 0.6 is 24.8 Å². The van der Waals surface area contributed by atoms with Gasteiger partial charge in [-0.2, -0.15) is 0 Å². The molecule has 4 aromatic rings. The van der Waals surface area contributed by atoms with E-state index in [1.807, 2.05) is 29.8 Å². The van der Waals surface area contributed by atoms with Crippen molar-refractivity contribution in [1.82, 2.24) is 14.5 Å². The fraction of sp³-hybridized carbons (Fsp3) is 0.222. The number of carbonyl (C=O) groups is 2. The molecule has 2 aromatic heterocycles. The van der Waals surface area contributed by atoms with E-state index in [1.165, 1.54) is 4.90 Å². The van der Waals surface area contributed by atoms with Crippen molar-refractivity contribution in [2.75, 3.05) is 23.4 Å². The molecule has 0 fully saturated rings. The Morgan fingerprint density at radius 3 is 2.44 bits per heavy atom. The molecular formula is C27H31Cl2N7O3. The first-order chi connectivity index (χ1) is 17.9. The van der Waals surface area contributed by atoms with Crippen LogP contribution in [0.25, 0.3) is 11.0 Å². The third-order valence-electron chi connectivity index (χ3n) is 5.88. The highest BCUT2D eigenvalue weighted by molar-refractivity contribution is 6.07. The topological polar surface area (TPSA) is 139 Å². The number of anilines is 2. The highest BCUT2D eigenvalue weighted by Crippen LogP contribution is 2.21. The predicted molar refractivity (Wildman–Crippen MR) is 157 cm³/mol. The molecule has 12 heteroatoms. The van der Waals surface area contributed by atoms with Gasteiger partial charge in [0.15, 0.2) is 0 Å². The number of nitrogens with one attached hydrogen (secondary N) is 2. The monoisotopic (exact) mass is 571 g/mol. The van der Waals surface area contributed by atoms with Gasteiger partial charge in [-0.25, -0.2) is 9.97 Å². The molecule has 1 amide bonds. The van der Waals surface area contributed by atoms with Crippen molar-refractivity contribution in [3.05, 3.63) is 83.8 Å². The Hall–Kier alpha value is -4.15. The van der Waals surface area contributed by atoms with Gasteiger partial charge in [0, 0.05) is 36.6 Å². The number of halogens is 2. The van der Waals surface area contributed by atoms with Crippen LogP contribution in [0, 0.1) is 5.41 Å². The van der Waals surface area contributed by atoms with Crippen LogP contribution in [0.3, 0.4) is 0 Å². The molecule has 0 aliphatic heterocycles. The number of aryl methyl sites for hydroxylation is 1. The zero-order valence-electron chi connectivity index (χ0n) is 21.6. The van der Waals surface area contributed by atoms with Crippen molar-refractivity contribution in [2.45, 2.75) is 19.9 Å². The third kappa shape index (κ3) is 7.46. The van der Waals surface area contributed by atoms with Gasteiger partial charge in [0.05, 0.1) is 30.6 Å². The van der Waals surface area contributed by atoms with Crippen molar-refractivity contribution in [1.29, 1.82) is 5.41 Å². The van der Waals surface area contributed by atoms with Gasteiger partial charge < -0.3 is 20.4 Å². The Bertz CT molecular complexity index is 1430. The number of benzene rings is 2. The number of nitrogens with two attached hydrogens (primary N) is 1. The molecule has 4 rings (SSSR count). The minimum Gasteiger partial charge on any atom is -0.466 e. The predicted octanol–water partition coefficient (Wildman–Crippen LogP) is 4.31. The largest absolute Gasteiger partial charge is 0.466 e. The molecule has 10 nitrogen and oxygen atoms in total. The summed E-state index contributed by atoms with van der Waals surface area (Å²) < 4.78 is 7.00. The van der Waals surface area contributed by atoms with E-state index in [2.05, 4.69) is 10.3 Å². The Balaban J connectivity index is 0.00000267. The molecule has 2 aromatic carbocycles. The van der Waals surface area contributed by atoms with Gasteiger partial charge in [-0.15, -0.1) is 24.8 Å². The van der Waals surface area contributed by atoms with Crippen LogP contribution in [0.15, 0.2) is 66.9 Å². The average Bonchev–Trinajstić information content (AvgIpc) is 3.23. The van der Waals surface area contributed by atoms with Gasteiger partial charge in [-0.3, -0.25) is 19.9 Å². The first-order valence-corrected chi connectivity index (χ1v) is 11.9. The molecule has 0 radical (unpaired) electrons. The molecule has 0 spiro atoms. The van der Waals surface area contributed by atoms with Crippen molar-refractivity contribution in [2.24, 2.45) is 12.8 Å². The number of hydrogen-bond donors (Lipinski definition) is 3. The average molecular weight is 572 g/mol. The summed E-state index contributed by atoms with van der Waals surface area (Å²) >= 11 is 0. The molecule has 0 bridgehead atoms. The summed E-state index contributed by atoms with van der Waals surface area (Å²) in [6.45, 7) is 2.64. The fourth-order valence-electron chi connectivity index (χ4n) is 3.92. The molecule has 2 heterocycles. The zero-order valence-corrected chi connectivity index (χ0v) is 23.2. The zero-order chi connectivity index (χ0) is 26.4. The van der Waals surface area contributed by atoms with E-state index in [1.54, 1.807) is 55.6 Å². The summed E-state index contributed by atoms with van der Waals surface area (Å²) in [4.78, 5) is 36.0. The lowest BCUT2D eigenvalue weighted by molar-refractivity contribution is -0.142. The normalized spacial score (nSPS) is 10.2. The van der Waals surface area contributed by atoms with E-state index in [0.29, 0.717) is 29.0 Å². The second kappa shape index (κ2) is 14.1. The van der Waals surface area contributed by atoms with E-state index < -0.39 is 0 Å².